The molecule has 0 saturated heterocycles. The molecule has 0 unspecified atom stereocenters. The molecule has 4 nitrogen and oxygen atoms in total. The molecule has 4 heteroatoms. The summed E-state index contributed by atoms with van der Waals surface area (Å²) in [7, 11) is 3.07. The largest absolute Gasteiger partial charge is 0.493 e. The molecule has 21 heavy (non-hydrogen) atoms. The standard InChI is InChI=1S/C17H18O4/c1-8-6-11(19-4)15(18)14-12(8)10(3)13-9(2)7-21-17(13)16(14)20-5/h6-8H,1-5H3/t8-/m0/s1. The molecule has 1 atom stereocenters. The molecule has 0 N–H and O–H groups in total. The number of hydrogen-bond acceptors (Lipinski definition) is 4. The number of carbonyl (C=O) groups is 1. The van der Waals surface area contributed by atoms with Gasteiger partial charge >= 0.3 is 0 Å². The molecule has 0 aliphatic heterocycles. The van der Waals surface area contributed by atoms with Crippen molar-refractivity contribution in [2.45, 2.75) is 26.7 Å². The number of carbonyl (C=O) groups excluding carboxylic acids is 1. The molecule has 2 aromatic rings. The molecule has 110 valence electrons. The lowest BCUT2D eigenvalue weighted by Gasteiger charge is -2.24. The van der Waals surface area contributed by atoms with Gasteiger partial charge in [0.15, 0.2) is 17.1 Å². The van der Waals surface area contributed by atoms with Gasteiger partial charge in [-0.3, -0.25) is 4.79 Å². The fourth-order valence-corrected chi connectivity index (χ4v) is 3.29. The second kappa shape index (κ2) is 4.65. The van der Waals surface area contributed by atoms with Crippen LogP contribution in [0.4, 0.5) is 0 Å². The number of furan rings is 1. The molecule has 1 heterocycles. The third-order valence-electron chi connectivity index (χ3n) is 4.19. The minimum Gasteiger partial charge on any atom is -0.493 e. The zero-order valence-corrected chi connectivity index (χ0v) is 12.9. The number of allylic oxidation sites excluding steroid dienone is 2. The van der Waals surface area contributed by atoms with E-state index in [2.05, 4.69) is 6.92 Å². The molecule has 1 aromatic heterocycles. The summed E-state index contributed by atoms with van der Waals surface area (Å²) in [5.74, 6) is 0.787. The number of methoxy groups -OCH3 is 2. The number of ether oxygens (including phenoxy) is 2. The predicted molar refractivity (Wildman–Crippen MR) is 80.1 cm³/mol. The Morgan fingerprint density at radius 2 is 1.90 bits per heavy atom. The van der Waals surface area contributed by atoms with Crippen LogP contribution in [0.1, 0.15) is 39.9 Å². The molecule has 0 fully saturated rings. The Bertz CT molecular complexity index is 780. The van der Waals surface area contributed by atoms with Crippen LogP contribution in [0.3, 0.4) is 0 Å². The van der Waals surface area contributed by atoms with E-state index < -0.39 is 0 Å². The first-order valence-corrected chi connectivity index (χ1v) is 6.90. The summed E-state index contributed by atoms with van der Waals surface area (Å²) in [5.41, 5.74) is 4.30. The molecular formula is C17H18O4. The van der Waals surface area contributed by atoms with Gasteiger partial charge in [0.2, 0.25) is 5.78 Å². The summed E-state index contributed by atoms with van der Waals surface area (Å²) in [6, 6.07) is 0. The van der Waals surface area contributed by atoms with Gasteiger partial charge in [-0.2, -0.15) is 0 Å². The van der Waals surface area contributed by atoms with Gasteiger partial charge in [-0.15, -0.1) is 0 Å². The van der Waals surface area contributed by atoms with E-state index >= 15 is 0 Å². The minimum absolute atomic E-state index is 0.0836. The second-order valence-corrected chi connectivity index (χ2v) is 5.42. The zero-order valence-electron chi connectivity index (χ0n) is 12.9. The van der Waals surface area contributed by atoms with E-state index in [1.807, 2.05) is 19.9 Å². The summed E-state index contributed by atoms with van der Waals surface area (Å²) in [6.07, 6.45) is 3.56. The van der Waals surface area contributed by atoms with E-state index in [-0.39, 0.29) is 11.7 Å². The highest BCUT2D eigenvalue weighted by molar-refractivity contribution is 6.15. The molecule has 1 aliphatic rings. The van der Waals surface area contributed by atoms with Crippen LogP contribution in [0.25, 0.3) is 11.0 Å². The van der Waals surface area contributed by atoms with E-state index in [9.17, 15) is 4.79 Å². The number of benzene rings is 1. The number of Topliss-reactive ketones (excluding diaryl/α,β-unsaturated/α-hetero) is 1. The molecule has 0 radical (unpaired) electrons. The Kier molecular flexibility index (Phi) is 3.04. The quantitative estimate of drug-likeness (QED) is 0.840. The van der Waals surface area contributed by atoms with Gasteiger partial charge < -0.3 is 13.9 Å². The summed E-state index contributed by atoms with van der Waals surface area (Å²) in [4.78, 5) is 12.7. The molecule has 3 rings (SSSR count). The van der Waals surface area contributed by atoms with E-state index in [1.54, 1.807) is 13.4 Å². The van der Waals surface area contributed by atoms with Crippen molar-refractivity contribution in [2.24, 2.45) is 0 Å². The van der Waals surface area contributed by atoms with Crippen LogP contribution in [-0.4, -0.2) is 20.0 Å². The van der Waals surface area contributed by atoms with Crippen LogP contribution < -0.4 is 4.74 Å². The lowest BCUT2D eigenvalue weighted by atomic mass is 9.82. The normalized spacial score (nSPS) is 17.7. The minimum atomic E-state index is -0.151. The highest BCUT2D eigenvalue weighted by Crippen LogP contribution is 2.44. The molecule has 0 bridgehead atoms. The maximum absolute atomic E-state index is 12.7. The Hall–Kier alpha value is -2.23. The van der Waals surface area contributed by atoms with Crippen molar-refractivity contribution >= 4 is 16.8 Å². The number of fused-ring (bicyclic) bond motifs is 2. The Morgan fingerprint density at radius 1 is 1.19 bits per heavy atom. The van der Waals surface area contributed by atoms with Crippen LogP contribution in [0.5, 0.6) is 5.75 Å². The van der Waals surface area contributed by atoms with Gasteiger partial charge in [0.1, 0.15) is 0 Å². The fraction of sp³-hybridized carbons (Fsp3) is 0.353. The Labute approximate surface area is 123 Å². The zero-order chi connectivity index (χ0) is 15.3. The van der Waals surface area contributed by atoms with Crippen LogP contribution in [0.15, 0.2) is 22.5 Å². The highest BCUT2D eigenvalue weighted by Gasteiger charge is 2.33. The number of hydrogen-bond donors (Lipinski definition) is 0. The number of rotatable bonds is 2. The van der Waals surface area contributed by atoms with Crippen LogP contribution >= 0.6 is 0 Å². The van der Waals surface area contributed by atoms with Crippen LogP contribution in [0, 0.1) is 13.8 Å². The lowest BCUT2D eigenvalue weighted by molar-refractivity contribution is 0.0943. The molecule has 0 spiro atoms. The second-order valence-electron chi connectivity index (χ2n) is 5.42. The fourth-order valence-electron chi connectivity index (χ4n) is 3.29. The maximum atomic E-state index is 12.7. The first-order chi connectivity index (χ1) is 10.0. The average Bonchev–Trinajstić information content (AvgIpc) is 2.85. The first kappa shape index (κ1) is 13.7. The van der Waals surface area contributed by atoms with E-state index in [0.717, 1.165) is 22.1 Å². The predicted octanol–water partition coefficient (Wildman–Crippen LogP) is 3.89. The van der Waals surface area contributed by atoms with E-state index in [4.69, 9.17) is 13.9 Å². The third-order valence-corrected chi connectivity index (χ3v) is 4.19. The van der Waals surface area contributed by atoms with Crippen molar-refractivity contribution in [2.75, 3.05) is 14.2 Å². The summed E-state index contributed by atoms with van der Waals surface area (Å²) in [5, 5.41) is 1.03. The average molecular weight is 286 g/mol. The van der Waals surface area contributed by atoms with Crippen LogP contribution in [-0.2, 0) is 4.74 Å². The van der Waals surface area contributed by atoms with Gasteiger partial charge in [-0.05, 0) is 36.6 Å². The van der Waals surface area contributed by atoms with Crippen LogP contribution in [0.2, 0.25) is 0 Å². The summed E-state index contributed by atoms with van der Waals surface area (Å²) >= 11 is 0. The maximum Gasteiger partial charge on any atom is 0.231 e. The summed E-state index contributed by atoms with van der Waals surface area (Å²) < 4.78 is 16.4. The first-order valence-electron chi connectivity index (χ1n) is 6.90. The highest BCUT2D eigenvalue weighted by atomic mass is 16.5. The van der Waals surface area contributed by atoms with Crippen molar-refractivity contribution in [3.8, 4) is 5.75 Å². The van der Waals surface area contributed by atoms with Crippen molar-refractivity contribution in [1.29, 1.82) is 0 Å². The van der Waals surface area contributed by atoms with Gasteiger partial charge in [0.05, 0.1) is 26.0 Å². The SMILES string of the molecule is COC1=C[C@H](C)c2c(c(OC)c3occ(C)c3c2C)C1=O. The smallest absolute Gasteiger partial charge is 0.231 e. The van der Waals surface area contributed by atoms with Gasteiger partial charge in [0.25, 0.3) is 0 Å². The van der Waals surface area contributed by atoms with Crippen molar-refractivity contribution in [3.05, 3.63) is 40.4 Å². The van der Waals surface area contributed by atoms with E-state index in [0.29, 0.717) is 22.7 Å². The Balaban J connectivity index is 2.47. The molecule has 1 aromatic carbocycles. The topological polar surface area (TPSA) is 48.7 Å². The van der Waals surface area contributed by atoms with Gasteiger partial charge in [0, 0.05) is 11.3 Å². The third kappa shape index (κ3) is 1.71. The van der Waals surface area contributed by atoms with Crippen molar-refractivity contribution < 1.29 is 18.7 Å². The van der Waals surface area contributed by atoms with E-state index in [1.165, 1.54) is 7.11 Å². The number of ketones is 1. The van der Waals surface area contributed by atoms with Crippen molar-refractivity contribution in [3.63, 3.8) is 0 Å². The molecule has 0 amide bonds. The van der Waals surface area contributed by atoms with Gasteiger partial charge in [-0.1, -0.05) is 6.92 Å². The lowest BCUT2D eigenvalue weighted by Crippen LogP contribution is -2.18. The van der Waals surface area contributed by atoms with Gasteiger partial charge in [-0.25, -0.2) is 0 Å². The molecule has 0 saturated carbocycles. The number of aryl methyl sites for hydroxylation is 2. The molecule has 1 aliphatic carbocycles. The monoisotopic (exact) mass is 286 g/mol. The Morgan fingerprint density at radius 3 is 2.52 bits per heavy atom. The van der Waals surface area contributed by atoms with Crippen molar-refractivity contribution in [1.82, 2.24) is 0 Å². The molecular weight excluding hydrogens is 268 g/mol. The summed E-state index contributed by atoms with van der Waals surface area (Å²) in [6.45, 7) is 6.08.